The van der Waals surface area contributed by atoms with Gasteiger partial charge in [-0.05, 0) is 22.0 Å². The zero-order chi connectivity index (χ0) is 11.6. The Balaban J connectivity index is 3.35. The fourth-order valence-electron chi connectivity index (χ4n) is 0.911. The molecule has 0 bridgehead atoms. The minimum absolute atomic E-state index is 0.0104. The zero-order valence-electron chi connectivity index (χ0n) is 6.94. The van der Waals surface area contributed by atoms with Gasteiger partial charge < -0.3 is 4.74 Å². The summed E-state index contributed by atoms with van der Waals surface area (Å²) >= 11 is 8.38. The molecule has 0 radical (unpaired) electrons. The number of ether oxygens (including phenoxy) is 1. The summed E-state index contributed by atoms with van der Waals surface area (Å²) < 4.78 is 40.8. The Bertz CT molecular complexity index is 398. The highest BCUT2D eigenvalue weighted by atomic mass is 79.9. The van der Waals surface area contributed by atoms with E-state index in [1.54, 1.807) is 0 Å². The normalized spacial score (nSPS) is 10.5. The van der Waals surface area contributed by atoms with Crippen LogP contribution in [0.4, 0.5) is 13.2 Å². The molecule has 0 N–H and O–H groups in total. The van der Waals surface area contributed by atoms with Gasteiger partial charge in [0.2, 0.25) is 0 Å². The first-order valence-electron chi connectivity index (χ1n) is 3.54. The number of aldehydes is 1. The van der Waals surface area contributed by atoms with Gasteiger partial charge in [-0.25, -0.2) is 4.39 Å². The molecule has 0 aromatic heterocycles. The first-order valence-corrected chi connectivity index (χ1v) is 4.72. The van der Waals surface area contributed by atoms with E-state index in [0.29, 0.717) is 0 Å². The van der Waals surface area contributed by atoms with Crippen LogP contribution in [0.2, 0.25) is 5.02 Å². The third-order valence-corrected chi connectivity index (χ3v) is 2.87. The van der Waals surface area contributed by atoms with Crippen LogP contribution in [0, 0.1) is 5.82 Å². The Morgan fingerprint density at radius 2 is 2.13 bits per heavy atom. The van der Waals surface area contributed by atoms with Gasteiger partial charge in [-0.1, -0.05) is 11.6 Å². The van der Waals surface area contributed by atoms with Crippen molar-refractivity contribution in [1.82, 2.24) is 0 Å². The third kappa shape index (κ3) is 2.63. The molecule has 0 spiro atoms. The van der Waals surface area contributed by atoms with Gasteiger partial charge in [0.25, 0.3) is 0 Å². The highest BCUT2D eigenvalue weighted by molar-refractivity contribution is 9.10. The smallest absolute Gasteiger partial charge is 0.387 e. The summed E-state index contributed by atoms with van der Waals surface area (Å²) in [5, 5.41) is -0.101. The lowest BCUT2D eigenvalue weighted by Gasteiger charge is -2.10. The van der Waals surface area contributed by atoms with Crippen LogP contribution in [0.5, 0.6) is 5.75 Å². The summed E-state index contributed by atoms with van der Waals surface area (Å²) in [5.41, 5.74) is -0.389. The lowest BCUT2D eigenvalue weighted by Crippen LogP contribution is -2.07. The molecule has 0 aliphatic rings. The molecule has 0 aliphatic carbocycles. The van der Waals surface area contributed by atoms with Crippen LogP contribution in [0.25, 0.3) is 0 Å². The summed E-state index contributed by atoms with van der Waals surface area (Å²) in [7, 11) is 0. The van der Waals surface area contributed by atoms with Gasteiger partial charge in [0.15, 0.2) is 17.9 Å². The second-order valence-electron chi connectivity index (χ2n) is 2.39. The number of carbonyl (C=O) groups is 1. The first-order chi connectivity index (χ1) is 6.97. The maximum Gasteiger partial charge on any atom is 0.387 e. The number of hydrogen-bond acceptors (Lipinski definition) is 2. The summed E-state index contributed by atoms with van der Waals surface area (Å²) in [6.45, 7) is -3.22. The van der Waals surface area contributed by atoms with Crippen molar-refractivity contribution in [3.63, 3.8) is 0 Å². The van der Waals surface area contributed by atoms with Crippen molar-refractivity contribution in [3.8, 4) is 5.75 Å². The fraction of sp³-hybridized carbons (Fsp3) is 0.125. The van der Waals surface area contributed by atoms with E-state index in [-0.39, 0.29) is 21.3 Å². The molecule has 0 heterocycles. The molecule has 7 heteroatoms. The lowest BCUT2D eigenvalue weighted by molar-refractivity contribution is -0.0524. The number of alkyl halides is 2. The highest BCUT2D eigenvalue weighted by Crippen LogP contribution is 2.35. The molecule has 1 aromatic carbocycles. The molecule has 1 rings (SSSR count). The van der Waals surface area contributed by atoms with Crippen LogP contribution in [-0.2, 0) is 0 Å². The summed E-state index contributed by atoms with van der Waals surface area (Å²) in [6, 6.07) is 0.774. The molecular weight excluding hydrogens is 300 g/mol. The van der Waals surface area contributed by atoms with Crippen molar-refractivity contribution in [2.45, 2.75) is 6.61 Å². The van der Waals surface area contributed by atoms with Crippen LogP contribution in [0.15, 0.2) is 10.5 Å². The van der Waals surface area contributed by atoms with Crippen LogP contribution in [0.1, 0.15) is 10.4 Å². The average molecular weight is 303 g/mol. The number of rotatable bonds is 3. The Morgan fingerprint density at radius 3 is 2.60 bits per heavy atom. The molecule has 0 saturated carbocycles. The molecule has 0 saturated heterocycles. The Morgan fingerprint density at radius 1 is 1.53 bits per heavy atom. The van der Waals surface area contributed by atoms with Crippen molar-refractivity contribution >= 4 is 33.8 Å². The maximum atomic E-state index is 13.1. The standard InChI is InChI=1S/C8H3BrClF3O2/c9-6-3(2-14)7(15-8(12)13)5(11)1-4(6)10/h1-2,8H. The molecule has 2 nitrogen and oxygen atoms in total. The minimum atomic E-state index is -3.22. The predicted octanol–water partition coefficient (Wildman–Crippen LogP) is 3.66. The monoisotopic (exact) mass is 302 g/mol. The van der Waals surface area contributed by atoms with E-state index < -0.39 is 18.2 Å². The van der Waals surface area contributed by atoms with Crippen molar-refractivity contribution < 1.29 is 22.7 Å². The number of carbonyl (C=O) groups excluding carboxylic acids is 1. The van der Waals surface area contributed by atoms with Gasteiger partial charge in [-0.2, -0.15) is 8.78 Å². The quantitative estimate of drug-likeness (QED) is 0.629. The van der Waals surface area contributed by atoms with E-state index in [2.05, 4.69) is 20.7 Å². The first kappa shape index (κ1) is 12.3. The molecule has 0 atom stereocenters. The van der Waals surface area contributed by atoms with Gasteiger partial charge in [0.1, 0.15) is 0 Å². The third-order valence-electron chi connectivity index (χ3n) is 1.49. The molecule has 0 fully saturated rings. The lowest BCUT2D eigenvalue weighted by atomic mass is 10.2. The molecule has 1 aromatic rings. The predicted molar refractivity (Wildman–Crippen MR) is 51.1 cm³/mol. The number of hydrogen-bond donors (Lipinski definition) is 0. The van der Waals surface area contributed by atoms with E-state index >= 15 is 0 Å². The zero-order valence-corrected chi connectivity index (χ0v) is 9.28. The van der Waals surface area contributed by atoms with Gasteiger partial charge in [0, 0.05) is 0 Å². The van der Waals surface area contributed by atoms with Crippen molar-refractivity contribution in [2.24, 2.45) is 0 Å². The van der Waals surface area contributed by atoms with Crippen LogP contribution in [0.3, 0.4) is 0 Å². The second kappa shape index (κ2) is 4.85. The summed E-state index contributed by atoms with van der Waals surface area (Å²) in [5.74, 6) is -1.94. The largest absolute Gasteiger partial charge is 0.431 e. The minimum Gasteiger partial charge on any atom is -0.431 e. The Labute approximate surface area is 96.1 Å². The van der Waals surface area contributed by atoms with Crippen molar-refractivity contribution in [2.75, 3.05) is 0 Å². The summed E-state index contributed by atoms with van der Waals surface area (Å²) in [6.07, 6.45) is 0.177. The number of halogens is 5. The number of benzene rings is 1. The second-order valence-corrected chi connectivity index (χ2v) is 3.59. The molecule has 82 valence electrons. The van der Waals surface area contributed by atoms with Crippen molar-refractivity contribution in [3.05, 3.63) is 26.9 Å². The average Bonchev–Trinajstić information content (AvgIpc) is 2.14. The van der Waals surface area contributed by atoms with E-state index in [9.17, 15) is 18.0 Å². The Hall–Kier alpha value is -0.750. The van der Waals surface area contributed by atoms with Gasteiger partial charge in [-0.3, -0.25) is 4.79 Å². The van der Waals surface area contributed by atoms with E-state index in [1.807, 2.05) is 0 Å². The topological polar surface area (TPSA) is 26.3 Å². The Kier molecular flexibility index (Phi) is 3.98. The van der Waals surface area contributed by atoms with Crippen LogP contribution >= 0.6 is 27.5 Å². The molecule has 0 aliphatic heterocycles. The van der Waals surface area contributed by atoms with Gasteiger partial charge in [-0.15, -0.1) is 0 Å². The van der Waals surface area contributed by atoms with Crippen LogP contribution in [-0.4, -0.2) is 12.9 Å². The van der Waals surface area contributed by atoms with Gasteiger partial charge >= 0.3 is 6.61 Å². The van der Waals surface area contributed by atoms with E-state index in [4.69, 9.17) is 11.6 Å². The maximum absolute atomic E-state index is 13.1. The SMILES string of the molecule is O=Cc1c(Br)c(Cl)cc(F)c1OC(F)F. The molecular formula is C8H3BrClF3O2. The van der Waals surface area contributed by atoms with E-state index in [0.717, 1.165) is 6.07 Å². The molecule has 0 amide bonds. The summed E-state index contributed by atoms with van der Waals surface area (Å²) in [4.78, 5) is 10.6. The van der Waals surface area contributed by atoms with E-state index in [1.165, 1.54) is 0 Å². The van der Waals surface area contributed by atoms with Crippen molar-refractivity contribution in [1.29, 1.82) is 0 Å². The van der Waals surface area contributed by atoms with Crippen LogP contribution < -0.4 is 4.74 Å². The van der Waals surface area contributed by atoms with Gasteiger partial charge in [0.05, 0.1) is 15.1 Å². The fourth-order valence-corrected chi connectivity index (χ4v) is 1.50. The molecule has 0 unspecified atom stereocenters. The highest BCUT2D eigenvalue weighted by Gasteiger charge is 2.19. The molecule has 15 heavy (non-hydrogen) atoms.